The van der Waals surface area contributed by atoms with Gasteiger partial charge in [0.15, 0.2) is 0 Å². The van der Waals surface area contributed by atoms with Crippen LogP contribution < -0.4 is 10.4 Å². The van der Waals surface area contributed by atoms with E-state index < -0.39 is 21.6 Å². The average Bonchev–Trinajstić information content (AvgIpc) is 2.82. The Balaban J connectivity index is 1.52. The molecule has 0 aliphatic carbocycles. The molecule has 138 valence electrons. The van der Waals surface area contributed by atoms with E-state index >= 15 is 0 Å². The lowest BCUT2D eigenvalue weighted by atomic mass is 10.1. The number of nitrogens with zero attached hydrogens (tertiary/aromatic N) is 1. The molecule has 0 saturated carbocycles. The standard InChI is InChI=1S/C19H15NO6S/c1-12-10-18(21)26-16-11-13(6-7-14(12)16)25-9-8-20-19(22)15-4-2-3-5-17(15)27(20,23)24/h2-7,10-11H,8-9H2,1H3. The Labute approximate surface area is 154 Å². The third-order valence-corrected chi connectivity index (χ3v) is 6.24. The SMILES string of the molecule is Cc1cc(=O)oc2cc(OCCN3C(=O)c4ccccc4S3(=O)=O)ccc12. The molecule has 2 heterocycles. The van der Waals surface area contributed by atoms with Crippen molar-refractivity contribution >= 4 is 26.9 Å². The number of hydrogen-bond acceptors (Lipinski definition) is 6. The largest absolute Gasteiger partial charge is 0.492 e. The third kappa shape index (κ3) is 2.87. The Hall–Kier alpha value is -3.13. The minimum absolute atomic E-state index is 0.0120. The predicted molar refractivity (Wildman–Crippen MR) is 97.4 cm³/mol. The van der Waals surface area contributed by atoms with Gasteiger partial charge in [0.1, 0.15) is 22.8 Å². The molecule has 0 saturated heterocycles. The maximum absolute atomic E-state index is 12.5. The lowest BCUT2D eigenvalue weighted by Gasteiger charge is -2.15. The Morgan fingerprint density at radius 3 is 2.63 bits per heavy atom. The van der Waals surface area contributed by atoms with Gasteiger partial charge in [0.25, 0.3) is 15.9 Å². The van der Waals surface area contributed by atoms with Gasteiger partial charge in [0, 0.05) is 17.5 Å². The van der Waals surface area contributed by atoms with Gasteiger partial charge in [-0.2, -0.15) is 0 Å². The molecule has 2 aromatic carbocycles. The molecule has 0 fully saturated rings. The van der Waals surface area contributed by atoms with E-state index in [4.69, 9.17) is 9.15 Å². The van der Waals surface area contributed by atoms with Crippen LogP contribution in [0.15, 0.2) is 62.6 Å². The van der Waals surface area contributed by atoms with Crippen LogP contribution in [0.4, 0.5) is 0 Å². The first-order valence-electron chi connectivity index (χ1n) is 8.21. The van der Waals surface area contributed by atoms with Crippen molar-refractivity contribution in [1.82, 2.24) is 4.31 Å². The quantitative estimate of drug-likeness (QED) is 0.640. The van der Waals surface area contributed by atoms with Crippen LogP contribution in [0.25, 0.3) is 11.0 Å². The first kappa shape index (κ1) is 17.3. The molecule has 1 aliphatic rings. The Kier molecular flexibility index (Phi) is 4.00. The summed E-state index contributed by atoms with van der Waals surface area (Å²) in [5.41, 5.74) is 0.887. The molecule has 1 amide bonds. The maximum atomic E-state index is 12.5. The van der Waals surface area contributed by atoms with Gasteiger partial charge >= 0.3 is 5.63 Å². The lowest BCUT2D eigenvalue weighted by Crippen LogP contribution is -2.33. The molecule has 8 heteroatoms. The number of carbonyl (C=O) groups is 1. The van der Waals surface area contributed by atoms with Gasteiger partial charge in [-0.15, -0.1) is 0 Å². The zero-order chi connectivity index (χ0) is 19.2. The molecule has 0 unspecified atom stereocenters. The second-order valence-electron chi connectivity index (χ2n) is 6.13. The molecule has 0 radical (unpaired) electrons. The highest BCUT2D eigenvalue weighted by atomic mass is 32.2. The zero-order valence-corrected chi connectivity index (χ0v) is 15.2. The third-order valence-electron chi connectivity index (χ3n) is 4.40. The van der Waals surface area contributed by atoms with Crippen LogP contribution in [0.5, 0.6) is 5.75 Å². The van der Waals surface area contributed by atoms with E-state index in [2.05, 4.69) is 0 Å². The van der Waals surface area contributed by atoms with Gasteiger partial charge in [-0.25, -0.2) is 17.5 Å². The van der Waals surface area contributed by atoms with Crippen molar-refractivity contribution in [2.75, 3.05) is 13.2 Å². The molecule has 1 aromatic heterocycles. The summed E-state index contributed by atoms with van der Waals surface area (Å²) in [6.45, 7) is 1.66. The van der Waals surface area contributed by atoms with Crippen LogP contribution in [0.1, 0.15) is 15.9 Å². The summed E-state index contributed by atoms with van der Waals surface area (Å²) in [7, 11) is -3.85. The molecule has 0 atom stereocenters. The molecule has 27 heavy (non-hydrogen) atoms. The molecule has 7 nitrogen and oxygen atoms in total. The normalized spacial score (nSPS) is 15.1. The van der Waals surface area contributed by atoms with Crippen molar-refractivity contribution in [2.24, 2.45) is 0 Å². The minimum Gasteiger partial charge on any atom is -0.492 e. The van der Waals surface area contributed by atoms with Gasteiger partial charge in [-0.3, -0.25) is 4.79 Å². The average molecular weight is 385 g/mol. The first-order chi connectivity index (χ1) is 12.9. The highest BCUT2D eigenvalue weighted by molar-refractivity contribution is 7.90. The lowest BCUT2D eigenvalue weighted by molar-refractivity contribution is 0.0857. The van der Waals surface area contributed by atoms with Crippen molar-refractivity contribution in [3.05, 3.63) is 70.1 Å². The van der Waals surface area contributed by atoms with Crippen molar-refractivity contribution < 1.29 is 22.4 Å². The number of amides is 1. The number of hydrogen-bond donors (Lipinski definition) is 0. The van der Waals surface area contributed by atoms with Gasteiger partial charge in [0.2, 0.25) is 0 Å². The molecular weight excluding hydrogens is 370 g/mol. The summed E-state index contributed by atoms with van der Waals surface area (Å²) >= 11 is 0. The fourth-order valence-corrected chi connectivity index (χ4v) is 4.65. The van der Waals surface area contributed by atoms with E-state index in [1.807, 2.05) is 0 Å². The van der Waals surface area contributed by atoms with Gasteiger partial charge in [-0.1, -0.05) is 12.1 Å². The summed E-state index contributed by atoms with van der Waals surface area (Å²) in [5, 5.41) is 0.787. The summed E-state index contributed by atoms with van der Waals surface area (Å²) < 4.78 is 36.5. The topological polar surface area (TPSA) is 93.9 Å². The van der Waals surface area contributed by atoms with Crippen LogP contribution in [-0.2, 0) is 10.0 Å². The number of sulfonamides is 1. The molecular formula is C19H15NO6S. The minimum atomic E-state index is -3.85. The zero-order valence-electron chi connectivity index (χ0n) is 14.3. The van der Waals surface area contributed by atoms with Gasteiger partial charge < -0.3 is 9.15 Å². The van der Waals surface area contributed by atoms with Crippen LogP contribution >= 0.6 is 0 Å². The van der Waals surface area contributed by atoms with E-state index in [1.165, 1.54) is 18.2 Å². The number of benzene rings is 2. The molecule has 0 spiro atoms. The van der Waals surface area contributed by atoms with Crippen LogP contribution in [0.3, 0.4) is 0 Å². The molecule has 0 bridgehead atoms. The first-order valence-corrected chi connectivity index (χ1v) is 9.65. The highest BCUT2D eigenvalue weighted by Crippen LogP contribution is 2.29. The van der Waals surface area contributed by atoms with E-state index in [9.17, 15) is 18.0 Å². The van der Waals surface area contributed by atoms with Crippen molar-refractivity contribution in [1.29, 1.82) is 0 Å². The predicted octanol–water partition coefficient (Wildman–Crippen LogP) is 2.32. The van der Waals surface area contributed by atoms with E-state index in [0.29, 0.717) is 11.3 Å². The molecule has 3 aromatic rings. The number of carbonyl (C=O) groups excluding carboxylic acids is 1. The Morgan fingerprint density at radius 1 is 1.07 bits per heavy atom. The van der Waals surface area contributed by atoms with E-state index in [0.717, 1.165) is 15.3 Å². The number of rotatable bonds is 4. The fourth-order valence-electron chi connectivity index (χ4n) is 3.09. The van der Waals surface area contributed by atoms with Crippen molar-refractivity contribution in [3.8, 4) is 5.75 Å². The van der Waals surface area contributed by atoms with E-state index in [-0.39, 0.29) is 23.6 Å². The number of aryl methyl sites for hydroxylation is 1. The highest BCUT2D eigenvalue weighted by Gasteiger charge is 2.40. The molecule has 4 rings (SSSR count). The summed E-state index contributed by atoms with van der Waals surface area (Å²) in [4.78, 5) is 23.9. The summed E-state index contributed by atoms with van der Waals surface area (Å²) in [6, 6.07) is 12.5. The monoisotopic (exact) mass is 385 g/mol. The van der Waals surface area contributed by atoms with Crippen LogP contribution in [-0.4, -0.2) is 31.8 Å². The van der Waals surface area contributed by atoms with Crippen molar-refractivity contribution in [3.63, 3.8) is 0 Å². The number of ether oxygens (including phenoxy) is 1. The molecule has 0 N–H and O–H groups in total. The summed E-state index contributed by atoms with van der Waals surface area (Å²) in [5.74, 6) is -0.146. The maximum Gasteiger partial charge on any atom is 0.336 e. The van der Waals surface area contributed by atoms with Crippen LogP contribution in [0, 0.1) is 6.92 Å². The number of fused-ring (bicyclic) bond motifs is 2. The second kappa shape index (κ2) is 6.24. The fraction of sp³-hybridized carbons (Fsp3) is 0.158. The summed E-state index contributed by atoms with van der Waals surface area (Å²) in [6.07, 6.45) is 0. The Morgan fingerprint density at radius 2 is 1.85 bits per heavy atom. The second-order valence-corrected chi connectivity index (χ2v) is 7.96. The molecule has 1 aliphatic heterocycles. The van der Waals surface area contributed by atoms with Gasteiger partial charge in [0.05, 0.1) is 12.1 Å². The van der Waals surface area contributed by atoms with E-state index in [1.54, 1.807) is 37.3 Å². The smallest absolute Gasteiger partial charge is 0.336 e. The Bertz CT molecular complexity index is 1230. The van der Waals surface area contributed by atoms with Crippen LogP contribution in [0.2, 0.25) is 0 Å². The van der Waals surface area contributed by atoms with Crippen molar-refractivity contribution in [2.45, 2.75) is 11.8 Å². The van der Waals surface area contributed by atoms with Gasteiger partial charge in [-0.05, 0) is 36.8 Å².